The second-order valence-corrected chi connectivity index (χ2v) is 9.83. The molecule has 3 aromatic heterocycles. The van der Waals surface area contributed by atoms with Crippen molar-refractivity contribution in [3.05, 3.63) is 22.6 Å². The zero-order valence-corrected chi connectivity index (χ0v) is 19.0. The highest BCUT2D eigenvalue weighted by atomic mass is 32.2. The molecule has 0 atom stereocenters. The van der Waals surface area contributed by atoms with Crippen molar-refractivity contribution in [2.24, 2.45) is 21.1 Å². The van der Waals surface area contributed by atoms with Gasteiger partial charge in [0.05, 0.1) is 11.4 Å². The molecule has 0 unspecified atom stereocenters. The molecule has 0 aliphatic carbocycles. The molecule has 0 radical (unpaired) electrons. The summed E-state index contributed by atoms with van der Waals surface area (Å²) in [7, 11) is 1.85. The Morgan fingerprint density at radius 3 is 2.34 bits per heavy atom. The highest BCUT2D eigenvalue weighted by molar-refractivity contribution is 7.98. The number of fused-ring (bicyclic) bond motifs is 1. The van der Waals surface area contributed by atoms with Crippen molar-refractivity contribution >= 4 is 21.8 Å². The molecule has 0 amide bonds. The van der Waals surface area contributed by atoms with E-state index in [2.05, 4.69) is 20.4 Å². The summed E-state index contributed by atoms with van der Waals surface area (Å²) in [5, 5.41) is 18.2. The number of aryl methyl sites for hydroxylation is 3. The fourth-order valence-corrected chi connectivity index (χ4v) is 6.20. The van der Waals surface area contributed by atoms with Gasteiger partial charge in [-0.1, -0.05) is 11.8 Å². The van der Waals surface area contributed by atoms with E-state index < -0.39 is 10.0 Å². The monoisotopic (exact) mass is 436 g/mol. The van der Waals surface area contributed by atoms with E-state index in [4.69, 9.17) is 0 Å². The molecule has 4 heterocycles. The van der Waals surface area contributed by atoms with Crippen molar-refractivity contribution in [1.29, 1.82) is 0 Å². The molecule has 1 aliphatic heterocycles. The van der Waals surface area contributed by atoms with Crippen molar-refractivity contribution < 1.29 is 8.42 Å². The lowest BCUT2D eigenvalue weighted by Crippen LogP contribution is -2.36. The number of hydrogen-bond acceptors (Lipinski definition) is 7. The molecule has 1 aliphatic rings. The van der Waals surface area contributed by atoms with Crippen molar-refractivity contribution in [3.63, 3.8) is 0 Å². The molecular weight excluding hydrogens is 412 g/mol. The molecule has 10 nitrogen and oxygen atoms in total. The molecule has 29 heavy (non-hydrogen) atoms. The third kappa shape index (κ3) is 3.01. The van der Waals surface area contributed by atoms with Gasteiger partial charge < -0.3 is 4.57 Å². The molecule has 4 rings (SSSR count). The van der Waals surface area contributed by atoms with Crippen LogP contribution in [-0.2, 0) is 44.1 Å². The number of nitrogens with zero attached hydrogens (tertiary/aromatic N) is 8. The first-order valence-corrected chi connectivity index (χ1v) is 11.8. The zero-order valence-electron chi connectivity index (χ0n) is 17.3. The fraction of sp³-hybridized carbons (Fsp3) is 0.529. The predicted octanol–water partition coefficient (Wildman–Crippen LogP) is 1.03. The molecule has 12 heteroatoms. The van der Waals surface area contributed by atoms with Gasteiger partial charge in [-0.3, -0.25) is 9.36 Å². The van der Waals surface area contributed by atoms with E-state index in [-0.39, 0.29) is 11.4 Å². The molecule has 156 valence electrons. The first-order valence-electron chi connectivity index (χ1n) is 9.15. The Kier molecular flexibility index (Phi) is 4.82. The number of hydrogen-bond donors (Lipinski definition) is 0. The van der Waals surface area contributed by atoms with Crippen LogP contribution in [0.2, 0.25) is 0 Å². The highest BCUT2D eigenvalue weighted by Crippen LogP contribution is 2.33. The average Bonchev–Trinajstić information content (AvgIpc) is 3.28. The van der Waals surface area contributed by atoms with E-state index in [0.717, 1.165) is 16.4 Å². The Morgan fingerprint density at radius 1 is 1.03 bits per heavy atom. The largest absolute Gasteiger partial charge is 0.304 e. The molecule has 3 aromatic rings. The lowest BCUT2D eigenvalue weighted by Gasteiger charge is -2.27. The molecular formula is C17H24N8O2S2. The van der Waals surface area contributed by atoms with Gasteiger partial charge in [0.1, 0.15) is 10.6 Å². The maximum absolute atomic E-state index is 13.4. The van der Waals surface area contributed by atoms with Crippen LogP contribution in [0.4, 0.5) is 0 Å². The fourth-order valence-electron chi connectivity index (χ4n) is 3.91. The maximum Gasteiger partial charge on any atom is 0.247 e. The van der Waals surface area contributed by atoms with E-state index in [1.807, 2.05) is 29.6 Å². The smallest absolute Gasteiger partial charge is 0.247 e. The minimum Gasteiger partial charge on any atom is -0.304 e. The van der Waals surface area contributed by atoms with Gasteiger partial charge in [-0.2, -0.15) is 14.5 Å². The average molecular weight is 437 g/mol. The van der Waals surface area contributed by atoms with E-state index in [1.165, 1.54) is 16.1 Å². The Balaban J connectivity index is 1.78. The van der Waals surface area contributed by atoms with Gasteiger partial charge in [-0.05, 0) is 20.1 Å². The summed E-state index contributed by atoms with van der Waals surface area (Å²) in [6.07, 6.45) is 2.53. The van der Waals surface area contributed by atoms with Crippen LogP contribution >= 0.6 is 11.8 Å². The summed E-state index contributed by atoms with van der Waals surface area (Å²) >= 11 is 1.50. The Morgan fingerprint density at radius 2 is 1.76 bits per heavy atom. The van der Waals surface area contributed by atoms with Crippen LogP contribution in [-0.4, -0.2) is 59.8 Å². The topological polar surface area (TPSA) is 104 Å². The molecule has 0 spiro atoms. The summed E-state index contributed by atoms with van der Waals surface area (Å²) in [6, 6.07) is 0. The van der Waals surface area contributed by atoms with E-state index in [1.54, 1.807) is 25.6 Å². The van der Waals surface area contributed by atoms with Crippen LogP contribution in [0.15, 0.2) is 10.1 Å². The van der Waals surface area contributed by atoms with Gasteiger partial charge >= 0.3 is 0 Å². The predicted molar refractivity (Wildman–Crippen MR) is 109 cm³/mol. The first-order chi connectivity index (χ1) is 13.7. The van der Waals surface area contributed by atoms with E-state index in [0.29, 0.717) is 35.9 Å². The van der Waals surface area contributed by atoms with Gasteiger partial charge in [-0.15, -0.1) is 10.2 Å². The Hall–Kier alpha value is -2.18. The number of sulfonamides is 1. The minimum absolute atomic E-state index is 0.246. The van der Waals surface area contributed by atoms with Gasteiger partial charge in [-0.25, -0.2) is 8.42 Å². The van der Waals surface area contributed by atoms with Crippen molar-refractivity contribution in [2.45, 2.75) is 36.9 Å². The molecule has 0 aromatic carbocycles. The lowest BCUT2D eigenvalue weighted by molar-refractivity contribution is 0.385. The molecule has 0 N–H and O–H groups in total. The highest BCUT2D eigenvalue weighted by Gasteiger charge is 2.36. The maximum atomic E-state index is 13.4. The van der Waals surface area contributed by atoms with Crippen LogP contribution in [0.1, 0.15) is 22.6 Å². The lowest BCUT2D eigenvalue weighted by atomic mass is 10.1. The van der Waals surface area contributed by atoms with Crippen molar-refractivity contribution in [3.8, 4) is 11.5 Å². The zero-order chi connectivity index (χ0) is 21.1. The molecule has 0 saturated carbocycles. The van der Waals surface area contributed by atoms with Crippen molar-refractivity contribution in [2.75, 3.05) is 12.8 Å². The van der Waals surface area contributed by atoms with Gasteiger partial charge in [0, 0.05) is 51.9 Å². The quantitative estimate of drug-likeness (QED) is 0.563. The first kappa shape index (κ1) is 20.1. The van der Waals surface area contributed by atoms with Crippen LogP contribution < -0.4 is 0 Å². The standard InChI is InChI=1S/C17H24N8O2S2/c1-10-15(11(2)23(4)20-10)29(26,27)25-8-7-13-12(9-25)14(21-24(13)5)16-18-19-17(28-6)22(16)3/h7-9H2,1-6H3. The molecule has 0 saturated heterocycles. The van der Waals surface area contributed by atoms with Crippen molar-refractivity contribution in [1.82, 2.24) is 38.6 Å². The van der Waals surface area contributed by atoms with E-state index >= 15 is 0 Å². The summed E-state index contributed by atoms with van der Waals surface area (Å²) in [5.74, 6) is 0.638. The van der Waals surface area contributed by atoms with Crippen LogP contribution in [0.3, 0.4) is 0 Å². The van der Waals surface area contributed by atoms with Gasteiger partial charge in [0.25, 0.3) is 0 Å². The summed E-state index contributed by atoms with van der Waals surface area (Å²) in [5.41, 5.74) is 3.74. The third-order valence-corrected chi connectivity index (χ3v) is 8.30. The Labute approximate surface area is 174 Å². The third-order valence-electron chi connectivity index (χ3n) is 5.48. The SMILES string of the molecule is CSc1nnc(-c2nn(C)c3c2CN(S(=O)(=O)c2c(C)nn(C)c2C)CC3)n1C. The van der Waals surface area contributed by atoms with Crippen LogP contribution in [0.5, 0.6) is 0 Å². The summed E-state index contributed by atoms with van der Waals surface area (Å²) < 4.78 is 33.7. The summed E-state index contributed by atoms with van der Waals surface area (Å²) in [6.45, 7) is 4.16. The van der Waals surface area contributed by atoms with Gasteiger partial charge in [0.15, 0.2) is 11.0 Å². The number of aromatic nitrogens is 7. The van der Waals surface area contributed by atoms with Gasteiger partial charge in [0.2, 0.25) is 10.0 Å². The van der Waals surface area contributed by atoms with E-state index in [9.17, 15) is 8.42 Å². The normalized spacial score (nSPS) is 15.1. The molecule has 0 fully saturated rings. The number of thioether (sulfide) groups is 1. The van der Waals surface area contributed by atoms with Crippen LogP contribution in [0.25, 0.3) is 11.5 Å². The second kappa shape index (κ2) is 6.96. The second-order valence-electron chi connectivity index (χ2n) is 7.18. The molecule has 0 bridgehead atoms. The summed E-state index contributed by atoms with van der Waals surface area (Å²) in [4.78, 5) is 0.289. The van der Waals surface area contributed by atoms with Crippen LogP contribution in [0, 0.1) is 13.8 Å². The Bertz CT molecular complexity index is 1200. The number of rotatable bonds is 4. The minimum atomic E-state index is -3.68.